The van der Waals surface area contributed by atoms with Crippen LogP contribution in [0.5, 0.6) is 5.75 Å². The van der Waals surface area contributed by atoms with Gasteiger partial charge in [0, 0.05) is 0 Å². The molecule has 138 valence electrons. The first-order valence-electron chi connectivity index (χ1n) is 7.54. The largest absolute Gasteiger partial charge is 0.423 e. The molecule has 2 aromatic rings. The van der Waals surface area contributed by atoms with Crippen molar-refractivity contribution < 1.29 is 29.0 Å². The fraction of sp³-hybridized carbons (Fsp3) is 0.235. The number of carbonyl (C=O) groups excluding carboxylic acids is 1. The molecule has 2 aromatic carbocycles. The Morgan fingerprint density at radius 3 is 1.96 bits per heavy atom. The van der Waals surface area contributed by atoms with E-state index >= 15 is 0 Å². The molecule has 0 N–H and O–H groups in total. The number of benzene rings is 2. The van der Waals surface area contributed by atoms with Gasteiger partial charge in [0.2, 0.25) is 0 Å². The van der Waals surface area contributed by atoms with E-state index in [-0.39, 0.29) is 23.4 Å². The highest BCUT2D eigenvalue weighted by molar-refractivity contribution is 8.45. The van der Waals surface area contributed by atoms with Crippen molar-refractivity contribution in [2.45, 2.75) is 31.1 Å². The maximum Gasteiger partial charge on any atom is 0.343 e. The van der Waals surface area contributed by atoms with Crippen molar-refractivity contribution >= 4 is 16.2 Å². The molecule has 0 atom stereocenters. The molecular weight excluding hydrogens is 363 g/mol. The Morgan fingerprint density at radius 2 is 1.48 bits per heavy atom. The Labute approximate surface area is 142 Å². The van der Waals surface area contributed by atoms with Crippen molar-refractivity contribution in [2.24, 2.45) is 0 Å². The first-order chi connectivity index (χ1) is 11.4. The standard InChI is InChI=1S/C17H17F5O2S/c1-2-3-4-13-5-7-14(8-6-13)17(23)24-15-9-11-16(12-10-15)25(18,19,20,21)22/h5-12H,2-4H2,1H3. The van der Waals surface area contributed by atoms with Crippen LogP contribution >= 0.6 is 10.2 Å². The molecule has 2 rings (SSSR count). The van der Waals surface area contributed by atoms with Crippen LogP contribution in [0.2, 0.25) is 0 Å². The highest BCUT2D eigenvalue weighted by Crippen LogP contribution is 3.02. The molecular formula is C17H17F5O2S. The van der Waals surface area contributed by atoms with Crippen molar-refractivity contribution in [3.8, 4) is 5.75 Å². The fourth-order valence-electron chi connectivity index (χ4n) is 2.12. The van der Waals surface area contributed by atoms with Crippen molar-refractivity contribution in [2.75, 3.05) is 0 Å². The van der Waals surface area contributed by atoms with Gasteiger partial charge >= 0.3 is 16.2 Å². The van der Waals surface area contributed by atoms with E-state index in [1.165, 1.54) is 0 Å². The minimum absolute atomic E-state index is 0.206. The second-order valence-electron chi connectivity index (χ2n) is 5.63. The van der Waals surface area contributed by atoms with Gasteiger partial charge < -0.3 is 4.74 Å². The van der Waals surface area contributed by atoms with Crippen LogP contribution in [0.4, 0.5) is 19.4 Å². The first-order valence-corrected chi connectivity index (χ1v) is 9.49. The zero-order chi connectivity index (χ0) is 18.8. The molecule has 0 saturated carbocycles. The van der Waals surface area contributed by atoms with Gasteiger partial charge in [0.25, 0.3) is 0 Å². The molecule has 0 spiro atoms. The summed E-state index contributed by atoms with van der Waals surface area (Å²) in [7, 11) is -9.72. The first kappa shape index (κ1) is 19.2. The van der Waals surface area contributed by atoms with Gasteiger partial charge in [0.15, 0.2) is 0 Å². The number of rotatable bonds is 6. The third kappa shape index (κ3) is 5.45. The summed E-state index contributed by atoms with van der Waals surface area (Å²) in [4.78, 5) is 9.93. The number of hydrogen-bond acceptors (Lipinski definition) is 2. The summed E-state index contributed by atoms with van der Waals surface area (Å²) in [5.74, 6) is -1.02. The number of ether oxygens (including phenoxy) is 1. The van der Waals surface area contributed by atoms with Gasteiger partial charge in [-0.25, -0.2) is 4.79 Å². The number of carbonyl (C=O) groups is 1. The summed E-state index contributed by atoms with van der Waals surface area (Å²) >= 11 is 0. The Hall–Kier alpha value is -2.09. The third-order valence-electron chi connectivity index (χ3n) is 3.49. The van der Waals surface area contributed by atoms with Gasteiger partial charge in [0.05, 0.1) is 5.56 Å². The molecule has 0 aliphatic rings. The Morgan fingerprint density at radius 1 is 0.920 bits per heavy atom. The predicted molar refractivity (Wildman–Crippen MR) is 87.9 cm³/mol. The van der Waals surface area contributed by atoms with Gasteiger partial charge in [-0.2, -0.15) is 0 Å². The summed E-state index contributed by atoms with van der Waals surface area (Å²) < 4.78 is 68.0. The van der Waals surface area contributed by atoms with Crippen molar-refractivity contribution in [1.29, 1.82) is 0 Å². The molecule has 0 amide bonds. The minimum atomic E-state index is -9.72. The van der Waals surface area contributed by atoms with E-state index in [2.05, 4.69) is 6.92 Å². The summed E-state index contributed by atoms with van der Waals surface area (Å²) in [6.07, 6.45) is 2.93. The quantitative estimate of drug-likeness (QED) is 0.309. The zero-order valence-corrected chi connectivity index (χ0v) is 14.2. The zero-order valence-electron chi connectivity index (χ0n) is 13.4. The van der Waals surface area contributed by atoms with Crippen LogP contribution in [0, 0.1) is 0 Å². The van der Waals surface area contributed by atoms with Crippen LogP contribution in [-0.2, 0) is 6.42 Å². The average molecular weight is 380 g/mol. The van der Waals surface area contributed by atoms with Crippen LogP contribution in [-0.4, -0.2) is 5.97 Å². The SMILES string of the molecule is CCCCc1ccc(C(=O)Oc2ccc(S(F)(F)(F)(F)F)cc2)cc1. The maximum absolute atomic E-state index is 12.6. The third-order valence-corrected chi connectivity index (χ3v) is 4.65. The molecule has 0 aliphatic carbocycles. The lowest BCUT2D eigenvalue weighted by Crippen LogP contribution is -2.09. The van der Waals surface area contributed by atoms with Crippen LogP contribution in [0.25, 0.3) is 0 Å². The normalized spacial score (nSPS) is 14.5. The van der Waals surface area contributed by atoms with Gasteiger partial charge in [-0.1, -0.05) is 44.9 Å². The lowest BCUT2D eigenvalue weighted by atomic mass is 10.1. The molecule has 8 heteroatoms. The number of hydrogen-bond donors (Lipinski definition) is 0. The fourth-order valence-corrected chi connectivity index (χ4v) is 2.77. The van der Waals surface area contributed by atoms with Crippen LogP contribution in [0.3, 0.4) is 0 Å². The highest BCUT2D eigenvalue weighted by Gasteiger charge is 2.65. The summed E-state index contributed by atoms with van der Waals surface area (Å²) in [5, 5.41) is 0. The minimum Gasteiger partial charge on any atom is -0.423 e. The lowest BCUT2D eigenvalue weighted by molar-refractivity contribution is 0.0734. The van der Waals surface area contributed by atoms with E-state index in [0.29, 0.717) is 12.1 Å². The maximum atomic E-state index is 12.6. The summed E-state index contributed by atoms with van der Waals surface area (Å²) in [6, 6.07) is 8.44. The average Bonchev–Trinajstić information content (AvgIpc) is 2.51. The molecule has 0 saturated heterocycles. The molecule has 2 nitrogen and oxygen atoms in total. The van der Waals surface area contributed by atoms with Crippen LogP contribution < -0.4 is 4.74 Å². The van der Waals surface area contributed by atoms with E-state index in [1.807, 2.05) is 0 Å². The number of aryl methyl sites for hydroxylation is 1. The van der Waals surface area contributed by atoms with Crippen molar-refractivity contribution in [3.05, 3.63) is 59.7 Å². The molecule has 0 aromatic heterocycles. The predicted octanol–water partition coefficient (Wildman–Crippen LogP) is 6.91. The van der Waals surface area contributed by atoms with E-state index in [4.69, 9.17) is 4.74 Å². The Bertz CT molecular complexity index is 753. The molecule has 0 bridgehead atoms. The van der Waals surface area contributed by atoms with Gasteiger partial charge in [-0.15, -0.1) is 0 Å². The number of halogens is 5. The van der Waals surface area contributed by atoms with Gasteiger partial charge in [-0.05, 0) is 54.8 Å². The number of unbranched alkanes of at least 4 members (excludes halogenated alkanes) is 1. The molecule has 25 heavy (non-hydrogen) atoms. The van der Waals surface area contributed by atoms with E-state index < -0.39 is 21.1 Å². The monoisotopic (exact) mass is 380 g/mol. The number of esters is 1. The van der Waals surface area contributed by atoms with Crippen LogP contribution in [0.1, 0.15) is 35.7 Å². The Balaban J connectivity index is 2.08. The van der Waals surface area contributed by atoms with Crippen LogP contribution in [0.15, 0.2) is 53.4 Å². The lowest BCUT2D eigenvalue weighted by Gasteiger charge is -2.40. The summed E-state index contributed by atoms with van der Waals surface area (Å²) in [5.41, 5.74) is 1.27. The van der Waals surface area contributed by atoms with Gasteiger partial charge in [0.1, 0.15) is 10.6 Å². The smallest absolute Gasteiger partial charge is 0.343 e. The molecule has 0 unspecified atom stereocenters. The molecule has 0 radical (unpaired) electrons. The van der Waals surface area contributed by atoms with E-state index in [1.54, 1.807) is 24.3 Å². The molecule has 0 aliphatic heterocycles. The highest BCUT2D eigenvalue weighted by atomic mass is 32.5. The second-order valence-corrected chi connectivity index (χ2v) is 8.04. The topological polar surface area (TPSA) is 26.3 Å². The van der Waals surface area contributed by atoms with Gasteiger partial charge in [-0.3, -0.25) is 0 Å². The van der Waals surface area contributed by atoms with E-state index in [0.717, 1.165) is 24.8 Å². The summed E-state index contributed by atoms with van der Waals surface area (Å²) in [6.45, 7) is 2.06. The second kappa shape index (κ2) is 6.01. The van der Waals surface area contributed by atoms with Crippen molar-refractivity contribution in [1.82, 2.24) is 0 Å². The molecule has 0 fully saturated rings. The van der Waals surface area contributed by atoms with Crippen molar-refractivity contribution in [3.63, 3.8) is 0 Å². The molecule has 0 heterocycles. The Kier molecular flexibility index (Phi) is 4.63. The van der Waals surface area contributed by atoms with E-state index in [9.17, 15) is 24.2 Å².